The molecule has 162 valence electrons. The molecule has 0 aliphatic heterocycles. The van der Waals surface area contributed by atoms with Gasteiger partial charge in [-0.15, -0.1) is 0 Å². The van der Waals surface area contributed by atoms with Gasteiger partial charge in [0.05, 0.1) is 12.8 Å². The number of carboxylic acid groups (broad SMARTS) is 2. The van der Waals surface area contributed by atoms with E-state index in [1.54, 1.807) is 13.8 Å². The molecule has 0 heterocycles. The molecular weight excluding hydrogens is 412 g/mol. The van der Waals surface area contributed by atoms with Crippen LogP contribution in [0.25, 0.3) is 0 Å². The molecule has 6 N–H and O–H groups in total. The standard InChI is InChI=1S/C10H14O6S2.2C3H7NO/c11-7(12)3-5-17-9(15)1-2-10(16)18-6-4-8(13)14;2*1-2-3(4)5/h1-6H2,(H,11,12)(H,13,14);2*2H2,1H3,(H2,4,5). The highest BCUT2D eigenvalue weighted by molar-refractivity contribution is 8.14. The molecule has 0 rings (SSSR count). The Morgan fingerprint density at radius 3 is 1.07 bits per heavy atom. The van der Waals surface area contributed by atoms with Crippen LogP contribution in [0.2, 0.25) is 0 Å². The van der Waals surface area contributed by atoms with Crippen LogP contribution in [0.5, 0.6) is 0 Å². The molecule has 0 aromatic carbocycles. The molecule has 0 spiro atoms. The summed E-state index contributed by atoms with van der Waals surface area (Å²) in [6.07, 6.45) is 0.835. The number of hydrogen-bond acceptors (Lipinski definition) is 8. The number of hydrogen-bond donors (Lipinski definition) is 4. The summed E-state index contributed by atoms with van der Waals surface area (Å²) in [5.41, 5.74) is 9.31. The molecule has 0 radical (unpaired) electrons. The van der Waals surface area contributed by atoms with E-state index in [1.165, 1.54) is 0 Å². The van der Waals surface area contributed by atoms with Crippen LogP contribution in [-0.4, -0.2) is 55.7 Å². The first-order chi connectivity index (χ1) is 13.0. The van der Waals surface area contributed by atoms with Crippen molar-refractivity contribution in [2.24, 2.45) is 11.5 Å². The van der Waals surface area contributed by atoms with Crippen molar-refractivity contribution in [2.75, 3.05) is 11.5 Å². The van der Waals surface area contributed by atoms with Crippen molar-refractivity contribution >= 4 is 57.5 Å². The minimum Gasteiger partial charge on any atom is -0.481 e. The Morgan fingerprint density at radius 2 is 0.893 bits per heavy atom. The summed E-state index contributed by atoms with van der Waals surface area (Å²) in [6.45, 7) is 3.45. The molecule has 0 aromatic heterocycles. The number of nitrogens with two attached hydrogens (primary N) is 2. The van der Waals surface area contributed by atoms with Gasteiger partial charge in [-0.3, -0.25) is 28.8 Å². The van der Waals surface area contributed by atoms with Crippen LogP contribution in [0.1, 0.15) is 52.4 Å². The van der Waals surface area contributed by atoms with E-state index < -0.39 is 11.9 Å². The van der Waals surface area contributed by atoms with Crippen molar-refractivity contribution in [1.29, 1.82) is 0 Å². The highest BCUT2D eigenvalue weighted by atomic mass is 32.2. The fourth-order valence-corrected chi connectivity index (χ4v) is 2.35. The van der Waals surface area contributed by atoms with Gasteiger partial charge in [0.15, 0.2) is 10.2 Å². The minimum atomic E-state index is -0.962. The van der Waals surface area contributed by atoms with Crippen molar-refractivity contribution in [1.82, 2.24) is 0 Å². The van der Waals surface area contributed by atoms with Crippen molar-refractivity contribution in [3.05, 3.63) is 0 Å². The number of carboxylic acids is 2. The van der Waals surface area contributed by atoms with E-state index >= 15 is 0 Å². The van der Waals surface area contributed by atoms with Gasteiger partial charge in [-0.2, -0.15) is 0 Å². The van der Waals surface area contributed by atoms with Crippen LogP contribution in [0.15, 0.2) is 0 Å². The maximum Gasteiger partial charge on any atom is 0.304 e. The molecule has 10 nitrogen and oxygen atoms in total. The first kappa shape index (κ1) is 30.6. The van der Waals surface area contributed by atoms with Crippen LogP contribution < -0.4 is 11.5 Å². The monoisotopic (exact) mass is 440 g/mol. The Balaban J connectivity index is -0.000000512. The summed E-state index contributed by atoms with van der Waals surface area (Å²) in [5.74, 6) is -2.01. The second kappa shape index (κ2) is 21.2. The zero-order valence-electron chi connectivity index (χ0n) is 16.0. The second-order valence-corrected chi connectivity index (χ2v) is 7.17. The lowest BCUT2D eigenvalue weighted by molar-refractivity contribution is -0.137. The number of rotatable bonds is 11. The van der Waals surface area contributed by atoms with Gasteiger partial charge >= 0.3 is 11.9 Å². The smallest absolute Gasteiger partial charge is 0.304 e. The molecule has 0 saturated heterocycles. The number of carbonyl (C=O) groups excluding carboxylic acids is 4. The predicted octanol–water partition coefficient (Wildman–Crippen LogP) is 0.999. The van der Waals surface area contributed by atoms with E-state index in [4.69, 9.17) is 10.2 Å². The summed E-state index contributed by atoms with van der Waals surface area (Å²) in [5, 5.41) is 16.3. The molecule has 2 amide bonds. The van der Waals surface area contributed by atoms with Crippen LogP contribution in [0.4, 0.5) is 0 Å². The molecule has 0 aliphatic rings. The predicted molar refractivity (Wildman–Crippen MR) is 108 cm³/mol. The summed E-state index contributed by atoms with van der Waals surface area (Å²) >= 11 is 1.80. The van der Waals surface area contributed by atoms with Gasteiger partial charge in [-0.25, -0.2) is 0 Å². The molecule has 0 atom stereocenters. The van der Waals surface area contributed by atoms with E-state index in [9.17, 15) is 28.8 Å². The molecule has 0 aliphatic carbocycles. The van der Waals surface area contributed by atoms with Gasteiger partial charge in [0.25, 0.3) is 0 Å². The average molecular weight is 441 g/mol. The number of amides is 2. The van der Waals surface area contributed by atoms with Gasteiger partial charge in [-0.05, 0) is 0 Å². The molecule has 0 saturated carbocycles. The van der Waals surface area contributed by atoms with Gasteiger partial charge in [0.1, 0.15) is 0 Å². The van der Waals surface area contributed by atoms with E-state index in [0.29, 0.717) is 12.8 Å². The normalized spacial score (nSPS) is 9.07. The van der Waals surface area contributed by atoms with E-state index in [1.807, 2.05) is 0 Å². The third kappa shape index (κ3) is 35.1. The van der Waals surface area contributed by atoms with Gasteiger partial charge in [-0.1, -0.05) is 37.4 Å². The molecule has 0 unspecified atom stereocenters. The summed E-state index contributed by atoms with van der Waals surface area (Å²) in [6, 6.07) is 0. The van der Waals surface area contributed by atoms with Crippen molar-refractivity contribution in [2.45, 2.75) is 52.4 Å². The number of primary amides is 2. The molecule has 12 heteroatoms. The van der Waals surface area contributed by atoms with Crippen molar-refractivity contribution in [3.63, 3.8) is 0 Å². The molecule has 28 heavy (non-hydrogen) atoms. The van der Waals surface area contributed by atoms with E-state index in [-0.39, 0.29) is 59.2 Å². The lowest BCUT2D eigenvalue weighted by Gasteiger charge is -1.99. The Kier molecular flexibility index (Phi) is 23.2. The quantitative estimate of drug-likeness (QED) is 0.360. The van der Waals surface area contributed by atoms with Crippen LogP contribution in [0.3, 0.4) is 0 Å². The zero-order chi connectivity index (χ0) is 22.5. The molecule has 0 aromatic rings. The Morgan fingerprint density at radius 1 is 0.643 bits per heavy atom. The molecule has 0 bridgehead atoms. The average Bonchev–Trinajstić information content (AvgIpc) is 2.60. The third-order valence-electron chi connectivity index (χ3n) is 2.39. The first-order valence-electron chi connectivity index (χ1n) is 8.27. The number of aliphatic carboxylic acids is 2. The third-order valence-corrected chi connectivity index (χ3v) is 4.26. The van der Waals surface area contributed by atoms with Crippen LogP contribution in [0, 0.1) is 0 Å². The van der Waals surface area contributed by atoms with Gasteiger partial charge in [0, 0.05) is 37.2 Å². The van der Waals surface area contributed by atoms with Crippen LogP contribution >= 0.6 is 23.5 Å². The highest BCUT2D eigenvalue weighted by Gasteiger charge is 2.09. The van der Waals surface area contributed by atoms with E-state index in [0.717, 1.165) is 23.5 Å². The van der Waals surface area contributed by atoms with E-state index in [2.05, 4.69) is 11.5 Å². The summed E-state index contributed by atoms with van der Waals surface area (Å²) in [4.78, 5) is 62.0. The van der Waals surface area contributed by atoms with Crippen LogP contribution in [-0.2, 0) is 28.8 Å². The van der Waals surface area contributed by atoms with Gasteiger partial charge < -0.3 is 21.7 Å². The zero-order valence-corrected chi connectivity index (χ0v) is 17.6. The largest absolute Gasteiger partial charge is 0.481 e. The van der Waals surface area contributed by atoms with Crippen molar-refractivity contribution in [3.8, 4) is 0 Å². The van der Waals surface area contributed by atoms with Gasteiger partial charge in [0.2, 0.25) is 11.8 Å². The Labute approximate surface area is 172 Å². The molecule has 0 fully saturated rings. The second-order valence-electron chi connectivity index (χ2n) is 4.87. The maximum absolute atomic E-state index is 11.2. The Bertz CT molecular complexity index is 481. The maximum atomic E-state index is 11.2. The topological polar surface area (TPSA) is 195 Å². The number of thioether (sulfide) groups is 2. The van der Waals surface area contributed by atoms with Crippen molar-refractivity contribution < 1.29 is 39.0 Å². The lowest BCUT2D eigenvalue weighted by atomic mass is 10.4. The minimum absolute atomic E-state index is 0.0587. The fourth-order valence-electron chi connectivity index (χ4n) is 0.853. The molecular formula is C16H28N2O8S2. The highest BCUT2D eigenvalue weighted by Crippen LogP contribution is 2.13. The lowest BCUT2D eigenvalue weighted by Crippen LogP contribution is -2.06. The SMILES string of the molecule is CCC(N)=O.CCC(N)=O.O=C(O)CCSC(=O)CCC(=O)SCCC(=O)O. The summed E-state index contributed by atoms with van der Waals surface area (Å²) < 4.78 is 0. The Hall–Kier alpha value is -2.08. The summed E-state index contributed by atoms with van der Waals surface area (Å²) in [7, 11) is 0. The number of carbonyl (C=O) groups is 6. The fraction of sp³-hybridized carbons (Fsp3) is 0.625. The first-order valence-corrected chi connectivity index (χ1v) is 10.2.